The van der Waals surface area contributed by atoms with Crippen molar-refractivity contribution >= 4 is 11.6 Å². The fourth-order valence-electron chi connectivity index (χ4n) is 1.94. The topological polar surface area (TPSA) is 98.7 Å². The van der Waals surface area contributed by atoms with Crippen LogP contribution in [0.5, 0.6) is 0 Å². The summed E-state index contributed by atoms with van der Waals surface area (Å²) in [6, 6.07) is 5.30. The summed E-state index contributed by atoms with van der Waals surface area (Å²) in [5.41, 5.74) is 6.52. The van der Waals surface area contributed by atoms with Crippen molar-refractivity contribution in [3.8, 4) is 0 Å². The monoisotopic (exact) mass is 295 g/mol. The molecule has 0 saturated carbocycles. The Morgan fingerprint density at radius 1 is 1.52 bits per heavy atom. The molecule has 0 fully saturated rings. The van der Waals surface area contributed by atoms with E-state index in [0.29, 0.717) is 18.6 Å². The van der Waals surface area contributed by atoms with Crippen molar-refractivity contribution in [3.63, 3.8) is 0 Å². The fourth-order valence-corrected chi connectivity index (χ4v) is 1.94. The van der Waals surface area contributed by atoms with E-state index in [-0.39, 0.29) is 17.6 Å². The van der Waals surface area contributed by atoms with Crippen molar-refractivity contribution in [2.75, 3.05) is 20.8 Å². The molecule has 0 aliphatic heterocycles. The Labute approximate surface area is 123 Å². The Balaban J connectivity index is 2.82. The molecule has 0 spiro atoms. The summed E-state index contributed by atoms with van der Waals surface area (Å²) in [5, 5.41) is 10.8. The highest BCUT2D eigenvalue weighted by atomic mass is 16.6. The highest BCUT2D eigenvalue weighted by Crippen LogP contribution is 2.23. The SMILES string of the molecule is COCCC(N)C(=O)N(C)C(C)c1cccc([N+](=O)[O-])c1. The maximum absolute atomic E-state index is 12.2. The Morgan fingerprint density at radius 3 is 2.76 bits per heavy atom. The molecular weight excluding hydrogens is 274 g/mol. The molecule has 0 bridgehead atoms. The van der Waals surface area contributed by atoms with Crippen molar-refractivity contribution in [1.82, 2.24) is 4.90 Å². The first-order valence-corrected chi connectivity index (χ1v) is 6.64. The number of hydrogen-bond acceptors (Lipinski definition) is 5. The lowest BCUT2D eigenvalue weighted by Crippen LogP contribution is -2.43. The van der Waals surface area contributed by atoms with E-state index in [1.165, 1.54) is 17.0 Å². The third-order valence-corrected chi connectivity index (χ3v) is 3.44. The van der Waals surface area contributed by atoms with Crippen LogP contribution in [0.4, 0.5) is 5.69 Å². The van der Waals surface area contributed by atoms with Crippen LogP contribution < -0.4 is 5.73 Å². The van der Waals surface area contributed by atoms with Gasteiger partial charge in [-0.1, -0.05) is 12.1 Å². The molecule has 2 N–H and O–H groups in total. The molecule has 116 valence electrons. The second-order valence-electron chi connectivity index (χ2n) is 4.87. The average molecular weight is 295 g/mol. The molecule has 21 heavy (non-hydrogen) atoms. The smallest absolute Gasteiger partial charge is 0.269 e. The van der Waals surface area contributed by atoms with Crippen molar-refractivity contribution in [3.05, 3.63) is 39.9 Å². The van der Waals surface area contributed by atoms with E-state index in [2.05, 4.69) is 0 Å². The van der Waals surface area contributed by atoms with Gasteiger partial charge in [-0.05, 0) is 18.9 Å². The second-order valence-corrected chi connectivity index (χ2v) is 4.87. The summed E-state index contributed by atoms with van der Waals surface area (Å²) in [6.45, 7) is 2.21. The van der Waals surface area contributed by atoms with Gasteiger partial charge >= 0.3 is 0 Å². The standard InChI is InChI=1S/C14H21N3O4/c1-10(11-5-4-6-12(9-11)17(19)20)16(2)14(18)13(15)7-8-21-3/h4-6,9-10,13H,7-8,15H2,1-3H3. The number of non-ortho nitro benzene ring substituents is 1. The predicted molar refractivity (Wildman–Crippen MR) is 78.7 cm³/mol. The zero-order valence-electron chi connectivity index (χ0n) is 12.5. The Morgan fingerprint density at radius 2 is 2.19 bits per heavy atom. The lowest BCUT2D eigenvalue weighted by atomic mass is 10.1. The van der Waals surface area contributed by atoms with Crippen LogP contribution in [0.1, 0.15) is 24.9 Å². The number of rotatable bonds is 7. The fraction of sp³-hybridized carbons (Fsp3) is 0.500. The number of benzene rings is 1. The van der Waals surface area contributed by atoms with Gasteiger partial charge in [-0.3, -0.25) is 14.9 Å². The molecule has 7 nitrogen and oxygen atoms in total. The molecule has 0 aliphatic rings. The number of nitro benzene ring substituents is 1. The van der Waals surface area contributed by atoms with E-state index in [0.717, 1.165) is 0 Å². The molecule has 0 aliphatic carbocycles. The summed E-state index contributed by atoms with van der Waals surface area (Å²) in [5.74, 6) is -0.217. The Bertz CT molecular complexity index is 507. The van der Waals surface area contributed by atoms with E-state index in [1.807, 2.05) is 0 Å². The highest BCUT2D eigenvalue weighted by molar-refractivity contribution is 5.81. The first kappa shape index (κ1) is 17.1. The number of likely N-dealkylation sites (N-methyl/N-ethyl adjacent to an activating group) is 1. The molecule has 1 amide bonds. The number of methoxy groups -OCH3 is 1. The van der Waals surface area contributed by atoms with Crippen LogP contribution in [0.3, 0.4) is 0 Å². The minimum absolute atomic E-state index is 0.00359. The number of ether oxygens (including phenoxy) is 1. The molecular formula is C14H21N3O4. The van der Waals surface area contributed by atoms with E-state index < -0.39 is 11.0 Å². The van der Waals surface area contributed by atoms with Gasteiger partial charge < -0.3 is 15.4 Å². The molecule has 0 aromatic heterocycles. The summed E-state index contributed by atoms with van der Waals surface area (Å²) in [6.07, 6.45) is 0.432. The van der Waals surface area contributed by atoms with Gasteiger partial charge in [0.25, 0.3) is 5.69 Å². The van der Waals surface area contributed by atoms with Crippen molar-refractivity contribution in [1.29, 1.82) is 0 Å². The van der Waals surface area contributed by atoms with Gasteiger partial charge in [-0.15, -0.1) is 0 Å². The molecule has 0 saturated heterocycles. The minimum atomic E-state index is -0.643. The van der Waals surface area contributed by atoms with E-state index in [4.69, 9.17) is 10.5 Å². The molecule has 1 rings (SSSR count). The van der Waals surface area contributed by atoms with Gasteiger partial charge in [0.15, 0.2) is 0 Å². The quantitative estimate of drug-likeness (QED) is 0.606. The summed E-state index contributed by atoms with van der Waals surface area (Å²) < 4.78 is 4.90. The Kier molecular flexibility index (Phi) is 6.26. The van der Waals surface area contributed by atoms with Crippen LogP contribution in [0.2, 0.25) is 0 Å². The molecule has 2 unspecified atom stereocenters. The predicted octanol–water partition coefficient (Wildman–Crippen LogP) is 1.48. The van der Waals surface area contributed by atoms with Crippen molar-refractivity contribution < 1.29 is 14.5 Å². The lowest BCUT2D eigenvalue weighted by Gasteiger charge is -2.27. The van der Waals surface area contributed by atoms with Gasteiger partial charge in [-0.25, -0.2) is 0 Å². The number of nitro groups is 1. The largest absolute Gasteiger partial charge is 0.385 e. The molecule has 2 atom stereocenters. The Hall–Kier alpha value is -1.99. The maximum atomic E-state index is 12.2. The van der Waals surface area contributed by atoms with Crippen LogP contribution in [0.15, 0.2) is 24.3 Å². The summed E-state index contributed by atoms with van der Waals surface area (Å²) >= 11 is 0. The van der Waals surface area contributed by atoms with Gasteiger partial charge in [0, 0.05) is 32.9 Å². The van der Waals surface area contributed by atoms with Gasteiger partial charge in [0.2, 0.25) is 5.91 Å². The minimum Gasteiger partial charge on any atom is -0.385 e. The third-order valence-electron chi connectivity index (χ3n) is 3.44. The summed E-state index contributed by atoms with van der Waals surface area (Å²) in [4.78, 5) is 24.0. The average Bonchev–Trinajstić information content (AvgIpc) is 2.50. The number of nitrogens with zero attached hydrogens (tertiary/aromatic N) is 2. The molecule has 0 radical (unpaired) electrons. The molecule has 7 heteroatoms. The van der Waals surface area contributed by atoms with Gasteiger partial charge in [-0.2, -0.15) is 0 Å². The highest BCUT2D eigenvalue weighted by Gasteiger charge is 2.23. The number of nitrogens with two attached hydrogens (primary N) is 1. The normalized spacial score (nSPS) is 13.5. The first-order valence-electron chi connectivity index (χ1n) is 6.64. The van der Waals surface area contributed by atoms with Crippen LogP contribution >= 0.6 is 0 Å². The van der Waals surface area contributed by atoms with Crippen LogP contribution in [-0.2, 0) is 9.53 Å². The van der Waals surface area contributed by atoms with Gasteiger partial charge in [0.1, 0.15) is 0 Å². The molecule has 1 aromatic rings. The molecule has 0 heterocycles. The zero-order valence-corrected chi connectivity index (χ0v) is 12.5. The first-order chi connectivity index (χ1) is 9.88. The number of carbonyl (C=O) groups excluding carboxylic acids is 1. The molecule has 1 aromatic carbocycles. The number of carbonyl (C=O) groups is 1. The number of amides is 1. The van der Waals surface area contributed by atoms with Crippen molar-refractivity contribution in [2.45, 2.75) is 25.4 Å². The second kappa shape index (κ2) is 7.70. The van der Waals surface area contributed by atoms with E-state index in [1.54, 1.807) is 33.2 Å². The van der Waals surface area contributed by atoms with Gasteiger partial charge in [0.05, 0.1) is 17.0 Å². The van der Waals surface area contributed by atoms with E-state index in [9.17, 15) is 14.9 Å². The third kappa shape index (κ3) is 4.51. The van der Waals surface area contributed by atoms with Crippen LogP contribution in [0.25, 0.3) is 0 Å². The van der Waals surface area contributed by atoms with Crippen LogP contribution in [0, 0.1) is 10.1 Å². The van der Waals surface area contributed by atoms with E-state index >= 15 is 0 Å². The van der Waals surface area contributed by atoms with Crippen molar-refractivity contribution in [2.24, 2.45) is 5.73 Å². The maximum Gasteiger partial charge on any atom is 0.269 e. The zero-order chi connectivity index (χ0) is 16.0. The number of hydrogen-bond donors (Lipinski definition) is 1. The lowest BCUT2D eigenvalue weighted by molar-refractivity contribution is -0.384. The van der Waals surface area contributed by atoms with Crippen LogP contribution in [-0.4, -0.2) is 42.5 Å². The summed E-state index contributed by atoms with van der Waals surface area (Å²) in [7, 11) is 3.19.